The van der Waals surface area contributed by atoms with Crippen LogP contribution in [0.3, 0.4) is 0 Å². The van der Waals surface area contributed by atoms with Gasteiger partial charge in [0.25, 0.3) is 11.8 Å². The highest BCUT2D eigenvalue weighted by molar-refractivity contribution is 5.95. The molecule has 0 bridgehead atoms. The topological polar surface area (TPSA) is 241 Å². The van der Waals surface area contributed by atoms with E-state index in [0.717, 1.165) is 33.4 Å². The minimum absolute atomic E-state index is 0. The van der Waals surface area contributed by atoms with Crippen molar-refractivity contribution in [2.45, 2.75) is 33.1 Å². The second kappa shape index (κ2) is 28.4. The summed E-state index contributed by atoms with van der Waals surface area (Å²) in [6, 6.07) is 29.0. The highest BCUT2D eigenvalue weighted by atomic mass is 35.5. The molecule has 0 saturated carbocycles. The standard InChI is InChI=1S/C17H20N2O3.C16H19N3O3.C13H13NO2.C4H9NO2.ClH/c1-12-4-6-13(7-5-12)14-10-15(19(2)11-14)17(21)18-9-8-16(20)22-3;1-19-10-12(11-3-5-13(17)6-4-11)9-14(19)16(21)18-8-7-15(20)22-2;1-9-3-5-10(6-4-9)11-7-12(13(15)16)14(2)8-11;1-7-4(6)2-3-5;/h4-7,10-11H,8-9H2,1-3H3,(H,18,21);3-6,9-10H,7-8,17H2,1-2H3,(H,18,21);3-8H,1-2H3,(H,15,16);2-3,5H2,1H3;1H. The maximum atomic E-state index is 12.2. The number of carbonyl (C=O) groups is 6. The molecule has 0 saturated heterocycles. The van der Waals surface area contributed by atoms with Crippen molar-refractivity contribution in [2.75, 3.05) is 46.7 Å². The number of amides is 2. The van der Waals surface area contributed by atoms with Gasteiger partial charge in [0, 0.05) is 81.7 Å². The summed E-state index contributed by atoms with van der Waals surface area (Å²) >= 11 is 0. The molecule has 3 aromatic carbocycles. The van der Waals surface area contributed by atoms with Gasteiger partial charge in [-0.1, -0.05) is 71.8 Å². The van der Waals surface area contributed by atoms with Gasteiger partial charge in [0.1, 0.15) is 17.1 Å². The van der Waals surface area contributed by atoms with Crippen molar-refractivity contribution in [1.29, 1.82) is 0 Å². The van der Waals surface area contributed by atoms with Crippen LogP contribution in [0.25, 0.3) is 33.4 Å². The van der Waals surface area contributed by atoms with Gasteiger partial charge in [-0.05, 0) is 60.9 Å². The first-order chi connectivity index (χ1) is 31.9. The zero-order valence-electron chi connectivity index (χ0n) is 39.7. The smallest absolute Gasteiger partial charge is 0.352 e. The van der Waals surface area contributed by atoms with Gasteiger partial charge in [-0.3, -0.25) is 24.0 Å². The molecule has 6 rings (SSSR count). The zero-order chi connectivity index (χ0) is 49.6. The summed E-state index contributed by atoms with van der Waals surface area (Å²) in [6.07, 6.45) is 6.25. The van der Waals surface area contributed by atoms with Crippen LogP contribution in [0.4, 0.5) is 5.69 Å². The van der Waals surface area contributed by atoms with Gasteiger partial charge in [-0.15, -0.1) is 12.4 Å². The number of aromatic nitrogens is 3. The van der Waals surface area contributed by atoms with Crippen molar-refractivity contribution in [3.63, 3.8) is 0 Å². The van der Waals surface area contributed by atoms with Crippen LogP contribution < -0.4 is 22.1 Å². The summed E-state index contributed by atoms with van der Waals surface area (Å²) in [5, 5.41) is 14.4. The monoisotopic (exact) mass is 955 g/mol. The first kappa shape index (κ1) is 56.5. The summed E-state index contributed by atoms with van der Waals surface area (Å²) in [5.74, 6) is -2.27. The van der Waals surface area contributed by atoms with E-state index < -0.39 is 5.97 Å². The molecular formula is C50H62ClN7O10. The summed E-state index contributed by atoms with van der Waals surface area (Å²) in [5.41, 5.74) is 21.1. The number of esters is 3. The van der Waals surface area contributed by atoms with Crippen LogP contribution in [0.1, 0.15) is 61.9 Å². The van der Waals surface area contributed by atoms with E-state index in [9.17, 15) is 28.8 Å². The maximum Gasteiger partial charge on any atom is 0.352 e. The average molecular weight is 957 g/mol. The molecule has 18 heteroatoms. The second-order valence-electron chi connectivity index (χ2n) is 15.1. The number of carbonyl (C=O) groups excluding carboxylic acids is 5. The van der Waals surface area contributed by atoms with Crippen LogP contribution >= 0.6 is 12.4 Å². The SMILES string of the molecule is COC(=O)CCN.COC(=O)CCNC(=O)c1cc(-c2ccc(C)cc2)cn1C.COC(=O)CCNC(=O)c1cc(-c2ccc(N)cc2)cn1C.Cc1ccc(-c2cc(C(=O)O)n(C)c2)cc1.Cl. The summed E-state index contributed by atoms with van der Waals surface area (Å²) in [6.45, 7) is 4.93. The van der Waals surface area contributed by atoms with E-state index in [4.69, 9.17) is 16.6 Å². The molecule has 0 unspecified atom stereocenters. The van der Waals surface area contributed by atoms with Crippen LogP contribution in [-0.4, -0.2) is 95.5 Å². The number of rotatable bonds is 14. The number of carboxylic acids is 1. The molecule has 0 aliphatic heterocycles. The van der Waals surface area contributed by atoms with Crippen LogP contribution in [0, 0.1) is 13.8 Å². The Balaban J connectivity index is 0.000000328. The molecule has 2 amide bonds. The molecule has 364 valence electrons. The molecule has 68 heavy (non-hydrogen) atoms. The molecular weight excluding hydrogens is 894 g/mol. The molecule has 0 atom stereocenters. The number of benzene rings is 3. The Bertz CT molecular complexity index is 2460. The van der Waals surface area contributed by atoms with Gasteiger partial charge in [0.2, 0.25) is 0 Å². The molecule has 0 radical (unpaired) electrons. The molecule has 0 spiro atoms. The third-order valence-corrected chi connectivity index (χ3v) is 9.97. The average Bonchev–Trinajstić information content (AvgIpc) is 4.03. The lowest BCUT2D eigenvalue weighted by atomic mass is 10.1. The first-order valence-electron chi connectivity index (χ1n) is 21.1. The van der Waals surface area contributed by atoms with Crippen LogP contribution in [-0.2, 0) is 49.7 Å². The summed E-state index contributed by atoms with van der Waals surface area (Å²) < 4.78 is 18.5. The fraction of sp³-hybridized carbons (Fsp3) is 0.280. The van der Waals surface area contributed by atoms with Gasteiger partial charge in [0.15, 0.2) is 0 Å². The number of anilines is 1. The number of hydrogen-bond donors (Lipinski definition) is 5. The first-order valence-corrected chi connectivity index (χ1v) is 21.1. The number of nitrogen functional groups attached to an aromatic ring is 1. The number of nitrogens with two attached hydrogens (primary N) is 2. The quantitative estimate of drug-likeness (QED) is 0.0447. The van der Waals surface area contributed by atoms with Crippen molar-refractivity contribution in [1.82, 2.24) is 24.3 Å². The lowest BCUT2D eigenvalue weighted by molar-refractivity contribution is -0.141. The van der Waals surface area contributed by atoms with E-state index in [1.807, 2.05) is 118 Å². The molecule has 0 aliphatic rings. The fourth-order valence-electron chi connectivity index (χ4n) is 6.16. The lowest BCUT2D eigenvalue weighted by Gasteiger charge is -2.04. The number of ether oxygens (including phenoxy) is 3. The molecule has 3 aromatic heterocycles. The van der Waals surface area contributed by atoms with Gasteiger partial charge >= 0.3 is 23.9 Å². The van der Waals surface area contributed by atoms with Crippen LogP contribution in [0.15, 0.2) is 110 Å². The molecule has 3 heterocycles. The van der Waals surface area contributed by atoms with Crippen molar-refractivity contribution in [3.8, 4) is 33.4 Å². The minimum atomic E-state index is -0.902. The molecule has 17 nitrogen and oxygen atoms in total. The Morgan fingerprint density at radius 3 is 1.12 bits per heavy atom. The van der Waals surface area contributed by atoms with Crippen LogP contribution in [0.2, 0.25) is 0 Å². The van der Waals surface area contributed by atoms with Crippen LogP contribution in [0.5, 0.6) is 0 Å². The van der Waals surface area contributed by atoms with Crippen molar-refractivity contribution in [3.05, 3.63) is 138 Å². The number of halogens is 1. The van der Waals surface area contributed by atoms with E-state index >= 15 is 0 Å². The lowest BCUT2D eigenvalue weighted by Crippen LogP contribution is -2.27. The Hall–Kier alpha value is -7.63. The molecule has 6 aromatic rings. The summed E-state index contributed by atoms with van der Waals surface area (Å²) in [7, 11) is 9.36. The Kier molecular flexibility index (Phi) is 23.6. The second-order valence-corrected chi connectivity index (χ2v) is 15.1. The number of hydrogen-bond acceptors (Lipinski definition) is 11. The number of carboxylic acid groups (broad SMARTS) is 1. The van der Waals surface area contributed by atoms with Gasteiger partial charge in [-0.25, -0.2) is 4.79 Å². The third-order valence-electron chi connectivity index (χ3n) is 9.97. The van der Waals surface area contributed by atoms with Crippen molar-refractivity contribution in [2.24, 2.45) is 26.9 Å². The Morgan fingerprint density at radius 1 is 0.515 bits per heavy atom. The maximum absolute atomic E-state index is 12.2. The third kappa shape index (κ3) is 18.0. The normalized spacial score (nSPS) is 9.96. The van der Waals surface area contributed by atoms with E-state index in [-0.39, 0.29) is 68.1 Å². The Labute approximate surface area is 402 Å². The number of nitrogens with one attached hydrogen (secondary N) is 2. The zero-order valence-corrected chi connectivity index (χ0v) is 40.5. The molecule has 0 fully saturated rings. The summed E-state index contributed by atoms with van der Waals surface area (Å²) in [4.78, 5) is 67.3. The van der Waals surface area contributed by atoms with Gasteiger partial charge in [-0.2, -0.15) is 0 Å². The number of aryl methyl sites for hydroxylation is 5. The fourth-order valence-corrected chi connectivity index (χ4v) is 6.16. The molecule has 7 N–H and O–H groups in total. The highest BCUT2D eigenvalue weighted by Gasteiger charge is 2.15. The van der Waals surface area contributed by atoms with E-state index in [1.54, 1.807) is 39.9 Å². The van der Waals surface area contributed by atoms with Crippen molar-refractivity contribution < 1.29 is 48.1 Å². The van der Waals surface area contributed by atoms with Crippen molar-refractivity contribution >= 4 is 53.8 Å². The minimum Gasteiger partial charge on any atom is -0.477 e. The number of nitrogens with zero attached hydrogens (tertiary/aromatic N) is 3. The molecule has 0 aliphatic carbocycles. The number of aromatic carboxylic acids is 1. The number of methoxy groups -OCH3 is 3. The highest BCUT2D eigenvalue weighted by Crippen LogP contribution is 2.25. The van der Waals surface area contributed by atoms with Gasteiger partial charge in [0.05, 0.1) is 40.6 Å². The van der Waals surface area contributed by atoms with E-state index in [2.05, 4.69) is 24.8 Å². The van der Waals surface area contributed by atoms with E-state index in [0.29, 0.717) is 35.7 Å². The van der Waals surface area contributed by atoms with Gasteiger partial charge < -0.3 is 55.1 Å². The predicted octanol–water partition coefficient (Wildman–Crippen LogP) is 6.49. The predicted molar refractivity (Wildman–Crippen MR) is 264 cm³/mol. The van der Waals surface area contributed by atoms with E-state index in [1.165, 1.54) is 32.5 Å². The Morgan fingerprint density at radius 2 is 0.824 bits per heavy atom. The largest absolute Gasteiger partial charge is 0.477 e.